The Kier molecular flexibility index (Phi) is 2.69. The van der Waals surface area contributed by atoms with E-state index in [-0.39, 0.29) is 5.56 Å². The fraction of sp³-hybridized carbons (Fsp3) is 0.0667. The number of aromatic nitrogens is 1. The largest absolute Gasteiger partial charge is 0.271 e. The number of hydrogen-bond donors (Lipinski definition) is 0. The Bertz CT molecular complexity index is 850. The minimum atomic E-state index is -0.0608. The Morgan fingerprint density at radius 1 is 1.16 bits per heavy atom. The number of hydrogen-bond acceptors (Lipinski definition) is 2. The number of nitrogens with zero attached hydrogens (tertiary/aromatic N) is 2. The minimum Gasteiger partial charge on any atom is -0.267 e. The highest BCUT2D eigenvalue weighted by Crippen LogP contribution is 2.24. The van der Waals surface area contributed by atoms with E-state index in [0.717, 1.165) is 16.0 Å². The minimum absolute atomic E-state index is 0.0608. The second-order valence-electron chi connectivity index (χ2n) is 4.32. The summed E-state index contributed by atoms with van der Waals surface area (Å²) < 4.78 is 2.57. The Balaban J connectivity index is 2.26. The maximum absolute atomic E-state index is 12.4. The first-order valence-corrected chi connectivity index (χ1v) is 6.57. The van der Waals surface area contributed by atoms with Crippen LogP contribution in [0.4, 0.5) is 5.69 Å². The van der Waals surface area contributed by atoms with Gasteiger partial charge in [0.15, 0.2) is 5.69 Å². The summed E-state index contributed by atoms with van der Waals surface area (Å²) >= 11 is 1.40. The number of aryl methyl sites for hydroxylation is 1. The molecular weight excluding hydrogens is 256 g/mol. The molecule has 3 aromatic rings. The summed E-state index contributed by atoms with van der Waals surface area (Å²) in [6.07, 6.45) is 0. The fourth-order valence-corrected chi connectivity index (χ4v) is 2.91. The van der Waals surface area contributed by atoms with Gasteiger partial charge in [0.25, 0.3) is 5.56 Å². The summed E-state index contributed by atoms with van der Waals surface area (Å²) in [6.45, 7) is 9.02. The molecule has 3 rings (SSSR count). The number of fused-ring (bicyclic) bond motifs is 1. The number of benzene rings is 2. The van der Waals surface area contributed by atoms with Gasteiger partial charge in [-0.25, -0.2) is 8.80 Å². The van der Waals surface area contributed by atoms with Crippen LogP contribution in [0.25, 0.3) is 20.6 Å². The summed E-state index contributed by atoms with van der Waals surface area (Å²) in [6, 6.07) is 13.1. The highest BCUT2D eigenvalue weighted by molar-refractivity contribution is 7.14. The summed E-state index contributed by atoms with van der Waals surface area (Å²) in [4.78, 5) is 15.7. The van der Waals surface area contributed by atoms with Crippen molar-refractivity contribution in [2.75, 3.05) is 0 Å². The highest BCUT2D eigenvalue weighted by Gasteiger charge is 2.09. The third kappa shape index (κ3) is 1.94. The van der Waals surface area contributed by atoms with Gasteiger partial charge in [0.1, 0.15) is 0 Å². The van der Waals surface area contributed by atoms with E-state index >= 15 is 0 Å². The third-order valence-corrected chi connectivity index (χ3v) is 4.08. The normalized spacial score (nSPS) is 10.5. The Morgan fingerprint density at radius 2 is 1.89 bits per heavy atom. The number of rotatable bonds is 1. The van der Waals surface area contributed by atoms with Crippen molar-refractivity contribution in [2.24, 2.45) is 0 Å². The van der Waals surface area contributed by atoms with Crippen molar-refractivity contribution >= 4 is 27.3 Å². The van der Waals surface area contributed by atoms with Crippen LogP contribution in [0.3, 0.4) is 0 Å². The summed E-state index contributed by atoms with van der Waals surface area (Å²) in [5.41, 5.74) is 2.46. The topological polar surface area (TPSA) is 26.4 Å². The van der Waals surface area contributed by atoms with E-state index in [1.807, 2.05) is 37.3 Å². The SMILES string of the molecule is [C-]#[N+]c1ccc2sn(-c3ccc(C)cc3)c(=O)c2c1. The van der Waals surface area contributed by atoms with E-state index in [1.54, 1.807) is 16.1 Å². The van der Waals surface area contributed by atoms with Crippen LogP contribution in [0.15, 0.2) is 47.3 Å². The maximum Gasteiger partial charge on any atom is 0.271 e. The van der Waals surface area contributed by atoms with Gasteiger partial charge in [-0.05, 0) is 25.1 Å². The summed E-state index contributed by atoms with van der Waals surface area (Å²) in [5.74, 6) is 0. The lowest BCUT2D eigenvalue weighted by atomic mass is 10.2. The van der Waals surface area contributed by atoms with Gasteiger partial charge in [-0.1, -0.05) is 41.4 Å². The van der Waals surface area contributed by atoms with E-state index in [9.17, 15) is 4.79 Å². The molecule has 0 aliphatic heterocycles. The van der Waals surface area contributed by atoms with Crippen molar-refractivity contribution in [1.29, 1.82) is 0 Å². The molecule has 0 saturated carbocycles. The average molecular weight is 266 g/mol. The smallest absolute Gasteiger partial charge is 0.267 e. The van der Waals surface area contributed by atoms with E-state index in [0.29, 0.717) is 11.1 Å². The van der Waals surface area contributed by atoms with Gasteiger partial charge in [0.05, 0.1) is 17.0 Å². The molecule has 1 aromatic heterocycles. The standard InChI is InChI=1S/C15H10N2OS/c1-10-3-6-12(7-4-10)17-15(18)13-9-11(16-2)5-8-14(13)19-17/h3-9H,1H3. The van der Waals surface area contributed by atoms with Gasteiger partial charge in [-0.15, -0.1) is 0 Å². The lowest BCUT2D eigenvalue weighted by Gasteiger charge is -1.99. The van der Waals surface area contributed by atoms with Crippen LogP contribution in [0.5, 0.6) is 0 Å². The van der Waals surface area contributed by atoms with Crippen LogP contribution in [0, 0.1) is 13.5 Å². The molecule has 0 saturated heterocycles. The predicted molar refractivity (Wildman–Crippen MR) is 78.4 cm³/mol. The lowest BCUT2D eigenvalue weighted by molar-refractivity contribution is 1.14. The van der Waals surface area contributed by atoms with Crippen molar-refractivity contribution < 1.29 is 0 Å². The molecule has 0 aliphatic rings. The lowest BCUT2D eigenvalue weighted by Crippen LogP contribution is -2.10. The Morgan fingerprint density at radius 3 is 2.58 bits per heavy atom. The molecule has 0 amide bonds. The first kappa shape index (κ1) is 11.7. The summed E-state index contributed by atoms with van der Waals surface area (Å²) in [5, 5.41) is 0.610. The molecule has 2 aromatic carbocycles. The van der Waals surface area contributed by atoms with Crippen molar-refractivity contribution in [3.63, 3.8) is 0 Å². The molecule has 0 bridgehead atoms. The van der Waals surface area contributed by atoms with E-state index in [2.05, 4.69) is 4.85 Å². The molecule has 19 heavy (non-hydrogen) atoms. The van der Waals surface area contributed by atoms with Crippen LogP contribution in [0.1, 0.15) is 5.56 Å². The van der Waals surface area contributed by atoms with Crippen molar-refractivity contribution in [3.05, 3.63) is 69.8 Å². The molecule has 0 aliphatic carbocycles. The van der Waals surface area contributed by atoms with Gasteiger partial charge < -0.3 is 0 Å². The monoisotopic (exact) mass is 266 g/mol. The Labute approximate surface area is 114 Å². The Hall–Kier alpha value is -2.38. The molecule has 0 fully saturated rings. The summed E-state index contributed by atoms with van der Waals surface area (Å²) in [7, 11) is 0. The zero-order valence-corrected chi connectivity index (χ0v) is 11.1. The first-order valence-electron chi connectivity index (χ1n) is 5.79. The quantitative estimate of drug-likeness (QED) is 0.613. The van der Waals surface area contributed by atoms with Gasteiger partial charge >= 0.3 is 0 Å². The second-order valence-corrected chi connectivity index (χ2v) is 5.31. The molecular formula is C15H10N2OS. The van der Waals surface area contributed by atoms with Crippen molar-refractivity contribution in [3.8, 4) is 5.69 Å². The molecule has 0 atom stereocenters. The van der Waals surface area contributed by atoms with Crippen molar-refractivity contribution in [2.45, 2.75) is 6.92 Å². The van der Waals surface area contributed by atoms with Crippen LogP contribution in [0.2, 0.25) is 0 Å². The van der Waals surface area contributed by atoms with E-state index in [4.69, 9.17) is 6.57 Å². The molecule has 0 N–H and O–H groups in total. The molecule has 0 radical (unpaired) electrons. The molecule has 1 heterocycles. The third-order valence-electron chi connectivity index (χ3n) is 2.97. The maximum atomic E-state index is 12.4. The first-order chi connectivity index (χ1) is 9.19. The fourth-order valence-electron chi connectivity index (χ4n) is 1.93. The van der Waals surface area contributed by atoms with Gasteiger partial charge in [0, 0.05) is 5.39 Å². The van der Waals surface area contributed by atoms with Gasteiger partial charge in [0.2, 0.25) is 0 Å². The van der Waals surface area contributed by atoms with Gasteiger partial charge in [-0.3, -0.25) is 4.79 Å². The zero-order chi connectivity index (χ0) is 13.4. The molecule has 92 valence electrons. The highest BCUT2D eigenvalue weighted by atomic mass is 32.1. The second kappa shape index (κ2) is 4.38. The molecule has 0 spiro atoms. The van der Waals surface area contributed by atoms with Gasteiger partial charge in [-0.2, -0.15) is 0 Å². The van der Waals surface area contributed by atoms with Crippen LogP contribution >= 0.6 is 11.5 Å². The molecule has 0 unspecified atom stereocenters. The zero-order valence-electron chi connectivity index (χ0n) is 10.3. The van der Waals surface area contributed by atoms with Crippen molar-refractivity contribution in [1.82, 2.24) is 3.96 Å². The van der Waals surface area contributed by atoms with Crippen LogP contribution < -0.4 is 5.56 Å². The molecule has 4 heteroatoms. The van der Waals surface area contributed by atoms with Crippen LogP contribution in [-0.4, -0.2) is 3.96 Å². The van der Waals surface area contributed by atoms with Crippen LogP contribution in [-0.2, 0) is 0 Å². The van der Waals surface area contributed by atoms with E-state index in [1.165, 1.54) is 11.5 Å². The van der Waals surface area contributed by atoms with E-state index < -0.39 is 0 Å². The molecule has 3 nitrogen and oxygen atoms in total. The average Bonchev–Trinajstić information content (AvgIpc) is 2.76. The predicted octanol–water partition coefficient (Wildman–Crippen LogP) is 3.91.